The van der Waals surface area contributed by atoms with Crippen LogP contribution in [0.4, 0.5) is 29.3 Å². The first kappa shape index (κ1) is 30.1. The Morgan fingerprint density at radius 1 is 1.13 bits per heavy atom. The second-order valence-electron chi connectivity index (χ2n) is 10.3. The van der Waals surface area contributed by atoms with E-state index in [0.29, 0.717) is 6.07 Å². The van der Waals surface area contributed by atoms with Gasteiger partial charge in [-0.1, -0.05) is 19.9 Å². The van der Waals surface area contributed by atoms with E-state index in [1.807, 2.05) is 0 Å². The lowest BCUT2D eigenvalue weighted by atomic mass is 10.1. The molecule has 0 bridgehead atoms. The average molecular weight is 572 g/mol. The minimum Gasteiger partial charge on any atom is -0.486 e. The van der Waals surface area contributed by atoms with Crippen molar-refractivity contribution in [1.29, 1.82) is 0 Å². The molecule has 2 amide bonds. The standard InChI is InChI=1S/C26H32F3N3O6S/c1-16(2)23(33)30-12-11-19-15-32(39(35,36)20-8-6-7-17(13-20)26(27,28)29)21-14-18(9-10-22(21)37-19)31-24(34)38-25(3,4)5/h6-10,13-14,16,19H,11-12,15H2,1-5H3,(H,30,33)(H,31,34)/t19-/m0/s1. The molecular formula is C26H32F3N3O6S. The molecule has 214 valence electrons. The van der Waals surface area contributed by atoms with Crippen LogP contribution in [0.15, 0.2) is 47.4 Å². The number of hydrogen-bond acceptors (Lipinski definition) is 6. The van der Waals surface area contributed by atoms with Crippen LogP contribution < -0.4 is 19.7 Å². The summed E-state index contributed by atoms with van der Waals surface area (Å²) in [6.07, 6.45) is -5.99. The van der Waals surface area contributed by atoms with E-state index in [9.17, 15) is 31.2 Å². The molecule has 2 aromatic carbocycles. The SMILES string of the molecule is CC(C)C(=O)NCC[C@H]1CN(S(=O)(=O)c2cccc(C(F)(F)F)c2)c2cc(NC(=O)OC(C)(C)C)ccc2O1. The van der Waals surface area contributed by atoms with Gasteiger partial charge in [0, 0.05) is 24.6 Å². The summed E-state index contributed by atoms with van der Waals surface area (Å²) in [4.78, 5) is 23.6. The van der Waals surface area contributed by atoms with Crippen LogP contribution >= 0.6 is 0 Å². The first-order chi connectivity index (χ1) is 18.0. The molecule has 1 heterocycles. The van der Waals surface area contributed by atoms with Gasteiger partial charge in [-0.2, -0.15) is 13.2 Å². The Hall–Kier alpha value is -3.48. The van der Waals surface area contributed by atoms with Crippen molar-refractivity contribution >= 4 is 33.4 Å². The molecule has 3 rings (SSSR count). The maximum atomic E-state index is 13.7. The van der Waals surface area contributed by atoms with Crippen LogP contribution in [0, 0.1) is 5.92 Å². The van der Waals surface area contributed by atoms with Crippen LogP contribution in [0.1, 0.15) is 46.6 Å². The third kappa shape index (κ3) is 7.78. The number of hydrogen-bond donors (Lipinski definition) is 2. The molecule has 9 nitrogen and oxygen atoms in total. The summed E-state index contributed by atoms with van der Waals surface area (Å²) in [6.45, 7) is 8.47. The Bertz CT molecular complexity index is 1320. The van der Waals surface area contributed by atoms with Gasteiger partial charge in [0.15, 0.2) is 0 Å². The maximum Gasteiger partial charge on any atom is 0.416 e. The zero-order chi connectivity index (χ0) is 29.2. The Morgan fingerprint density at radius 2 is 1.82 bits per heavy atom. The maximum absolute atomic E-state index is 13.7. The number of sulfonamides is 1. The molecule has 0 radical (unpaired) electrons. The van der Waals surface area contributed by atoms with E-state index in [-0.39, 0.29) is 48.5 Å². The van der Waals surface area contributed by atoms with Gasteiger partial charge in [-0.15, -0.1) is 0 Å². The molecule has 13 heteroatoms. The van der Waals surface area contributed by atoms with Gasteiger partial charge < -0.3 is 14.8 Å². The Labute approximate surface area is 225 Å². The fraction of sp³-hybridized carbons (Fsp3) is 0.462. The molecule has 0 saturated carbocycles. The quantitative estimate of drug-likeness (QED) is 0.474. The van der Waals surface area contributed by atoms with Gasteiger partial charge in [-0.25, -0.2) is 13.2 Å². The number of anilines is 2. The largest absolute Gasteiger partial charge is 0.486 e. The number of halogens is 3. The van der Waals surface area contributed by atoms with E-state index in [0.717, 1.165) is 22.5 Å². The summed E-state index contributed by atoms with van der Waals surface area (Å²) in [5, 5.41) is 5.26. The minimum atomic E-state index is -4.74. The van der Waals surface area contributed by atoms with Crippen molar-refractivity contribution in [2.24, 2.45) is 5.92 Å². The van der Waals surface area contributed by atoms with E-state index < -0.39 is 44.5 Å². The first-order valence-corrected chi connectivity index (χ1v) is 13.7. The molecule has 0 aliphatic carbocycles. The molecular weight excluding hydrogens is 539 g/mol. The first-order valence-electron chi connectivity index (χ1n) is 12.3. The highest BCUT2D eigenvalue weighted by Crippen LogP contribution is 2.40. The molecule has 0 spiro atoms. The number of carbonyl (C=O) groups excluding carboxylic acids is 2. The normalized spacial score (nSPS) is 15.8. The lowest BCUT2D eigenvalue weighted by molar-refractivity contribution is -0.137. The molecule has 1 atom stereocenters. The van der Waals surface area contributed by atoms with Gasteiger partial charge in [-0.3, -0.25) is 14.4 Å². The van der Waals surface area contributed by atoms with Crippen LogP contribution in [-0.2, 0) is 25.7 Å². The average Bonchev–Trinajstić information content (AvgIpc) is 2.81. The number of benzene rings is 2. The summed E-state index contributed by atoms with van der Waals surface area (Å²) in [7, 11) is -4.50. The molecule has 0 aromatic heterocycles. The predicted molar refractivity (Wildman–Crippen MR) is 139 cm³/mol. The van der Waals surface area contributed by atoms with Crippen LogP contribution in [-0.4, -0.2) is 45.2 Å². The van der Waals surface area contributed by atoms with E-state index in [2.05, 4.69) is 10.6 Å². The zero-order valence-electron chi connectivity index (χ0n) is 22.3. The smallest absolute Gasteiger partial charge is 0.416 e. The van der Waals surface area contributed by atoms with Gasteiger partial charge in [0.1, 0.15) is 17.5 Å². The molecule has 0 fully saturated rings. The van der Waals surface area contributed by atoms with E-state index >= 15 is 0 Å². The van der Waals surface area contributed by atoms with Crippen molar-refractivity contribution in [3.63, 3.8) is 0 Å². The number of alkyl halides is 3. The number of amides is 2. The van der Waals surface area contributed by atoms with Crippen molar-refractivity contribution in [3.8, 4) is 5.75 Å². The van der Waals surface area contributed by atoms with Gasteiger partial charge in [0.2, 0.25) is 5.91 Å². The number of rotatable bonds is 7. The van der Waals surface area contributed by atoms with E-state index in [1.165, 1.54) is 18.2 Å². The molecule has 2 aromatic rings. The highest BCUT2D eigenvalue weighted by molar-refractivity contribution is 7.92. The molecule has 0 saturated heterocycles. The third-order valence-electron chi connectivity index (χ3n) is 5.58. The Balaban J connectivity index is 1.97. The lowest BCUT2D eigenvalue weighted by Crippen LogP contribution is -2.45. The third-order valence-corrected chi connectivity index (χ3v) is 7.35. The Kier molecular flexibility index (Phi) is 8.73. The molecule has 39 heavy (non-hydrogen) atoms. The lowest BCUT2D eigenvalue weighted by Gasteiger charge is -2.36. The second-order valence-corrected chi connectivity index (χ2v) is 12.2. The summed E-state index contributed by atoms with van der Waals surface area (Å²) in [5.41, 5.74) is -1.66. The highest BCUT2D eigenvalue weighted by Gasteiger charge is 2.37. The Morgan fingerprint density at radius 3 is 2.44 bits per heavy atom. The summed E-state index contributed by atoms with van der Waals surface area (Å²) in [5.74, 6) is -0.282. The van der Waals surface area contributed by atoms with Gasteiger partial charge in [0.25, 0.3) is 10.0 Å². The number of carbonyl (C=O) groups is 2. The van der Waals surface area contributed by atoms with Crippen LogP contribution in [0.3, 0.4) is 0 Å². The van der Waals surface area contributed by atoms with Crippen molar-refractivity contribution in [1.82, 2.24) is 5.32 Å². The van der Waals surface area contributed by atoms with Crippen molar-refractivity contribution in [3.05, 3.63) is 48.0 Å². The number of fused-ring (bicyclic) bond motifs is 1. The van der Waals surface area contributed by atoms with Crippen LogP contribution in [0.25, 0.3) is 0 Å². The molecule has 1 aliphatic heterocycles. The molecule has 2 N–H and O–H groups in total. The van der Waals surface area contributed by atoms with Gasteiger partial charge >= 0.3 is 12.3 Å². The van der Waals surface area contributed by atoms with Crippen molar-refractivity contribution in [2.75, 3.05) is 22.7 Å². The van der Waals surface area contributed by atoms with Crippen molar-refractivity contribution in [2.45, 2.75) is 63.8 Å². The highest BCUT2D eigenvalue weighted by atomic mass is 32.2. The van der Waals surface area contributed by atoms with E-state index in [1.54, 1.807) is 34.6 Å². The van der Waals surface area contributed by atoms with Gasteiger partial charge in [-0.05, 0) is 57.2 Å². The topological polar surface area (TPSA) is 114 Å². The number of nitrogens with zero attached hydrogens (tertiary/aromatic N) is 1. The number of ether oxygens (including phenoxy) is 2. The number of nitrogens with one attached hydrogen (secondary N) is 2. The summed E-state index contributed by atoms with van der Waals surface area (Å²) in [6, 6.07) is 7.76. The van der Waals surface area contributed by atoms with Gasteiger partial charge in [0.05, 0.1) is 22.7 Å². The molecule has 0 unspecified atom stereocenters. The fourth-order valence-corrected chi connectivity index (χ4v) is 5.25. The predicted octanol–water partition coefficient (Wildman–Crippen LogP) is 5.17. The monoisotopic (exact) mass is 571 g/mol. The summed E-state index contributed by atoms with van der Waals surface area (Å²) >= 11 is 0. The van der Waals surface area contributed by atoms with Crippen LogP contribution in [0.2, 0.25) is 0 Å². The van der Waals surface area contributed by atoms with E-state index in [4.69, 9.17) is 9.47 Å². The second kappa shape index (κ2) is 11.3. The van der Waals surface area contributed by atoms with Crippen LogP contribution in [0.5, 0.6) is 5.75 Å². The zero-order valence-corrected chi connectivity index (χ0v) is 23.1. The van der Waals surface area contributed by atoms with Crippen molar-refractivity contribution < 1.29 is 40.7 Å². The molecule has 1 aliphatic rings. The summed E-state index contributed by atoms with van der Waals surface area (Å²) < 4.78 is 79.6. The minimum absolute atomic E-state index is 0.0310. The fourth-order valence-electron chi connectivity index (χ4n) is 3.71.